The summed E-state index contributed by atoms with van der Waals surface area (Å²) in [4.78, 5) is 0. The third-order valence-electron chi connectivity index (χ3n) is 1.68. The van der Waals surface area contributed by atoms with Crippen molar-refractivity contribution >= 4 is 0 Å². The molecule has 0 aliphatic carbocycles. The first-order valence-corrected chi connectivity index (χ1v) is 3.70. The van der Waals surface area contributed by atoms with Gasteiger partial charge in [-0.05, 0) is 6.42 Å². The number of hydrogen-bond acceptors (Lipinski definition) is 3. The van der Waals surface area contributed by atoms with Crippen LogP contribution in [0.4, 0.5) is 0 Å². The standard InChI is InChI=1S/C7H15N3/c1-3-4-7-6(8)5-10(2)9-7/h5,7,9H,3-4,8H2,1-2H3. The molecule has 0 spiro atoms. The highest BCUT2D eigenvalue weighted by Gasteiger charge is 2.17. The second kappa shape index (κ2) is 2.92. The first-order chi connectivity index (χ1) is 4.74. The lowest BCUT2D eigenvalue weighted by Gasteiger charge is -2.14. The van der Waals surface area contributed by atoms with Crippen LogP contribution in [0.1, 0.15) is 19.8 Å². The average Bonchev–Trinajstić information content (AvgIpc) is 2.13. The fourth-order valence-electron chi connectivity index (χ4n) is 1.19. The molecule has 1 heterocycles. The van der Waals surface area contributed by atoms with Gasteiger partial charge in [0.15, 0.2) is 0 Å². The van der Waals surface area contributed by atoms with Gasteiger partial charge in [0.05, 0.1) is 6.04 Å². The monoisotopic (exact) mass is 141 g/mol. The lowest BCUT2D eigenvalue weighted by Crippen LogP contribution is -2.34. The predicted octanol–water partition coefficient (Wildman–Crippen LogP) is 0.405. The molecule has 1 unspecified atom stereocenters. The van der Waals surface area contributed by atoms with E-state index in [9.17, 15) is 0 Å². The van der Waals surface area contributed by atoms with Crippen molar-refractivity contribution in [3.63, 3.8) is 0 Å². The van der Waals surface area contributed by atoms with E-state index in [-0.39, 0.29) is 0 Å². The highest BCUT2D eigenvalue weighted by Crippen LogP contribution is 2.09. The molecule has 0 saturated heterocycles. The second-order valence-corrected chi connectivity index (χ2v) is 2.71. The molecule has 0 amide bonds. The Kier molecular flexibility index (Phi) is 2.17. The molecule has 0 aromatic rings. The molecule has 1 aliphatic rings. The Labute approximate surface area is 61.9 Å². The Bertz CT molecular complexity index is 142. The normalized spacial score (nSPS) is 25.2. The van der Waals surface area contributed by atoms with Gasteiger partial charge in [0.25, 0.3) is 0 Å². The summed E-state index contributed by atoms with van der Waals surface area (Å²) in [5.74, 6) is 0. The van der Waals surface area contributed by atoms with E-state index >= 15 is 0 Å². The third-order valence-corrected chi connectivity index (χ3v) is 1.68. The maximum Gasteiger partial charge on any atom is 0.0671 e. The highest BCUT2D eigenvalue weighted by molar-refractivity contribution is 5.09. The van der Waals surface area contributed by atoms with E-state index in [0.717, 1.165) is 12.1 Å². The summed E-state index contributed by atoms with van der Waals surface area (Å²) in [6.07, 6.45) is 4.22. The van der Waals surface area contributed by atoms with E-state index in [1.165, 1.54) is 6.42 Å². The summed E-state index contributed by atoms with van der Waals surface area (Å²) < 4.78 is 0. The summed E-state index contributed by atoms with van der Waals surface area (Å²) in [6.45, 7) is 2.16. The molecule has 0 fully saturated rings. The van der Waals surface area contributed by atoms with Crippen LogP contribution >= 0.6 is 0 Å². The smallest absolute Gasteiger partial charge is 0.0671 e. The van der Waals surface area contributed by atoms with Gasteiger partial charge in [-0.2, -0.15) is 0 Å². The van der Waals surface area contributed by atoms with Crippen molar-refractivity contribution in [3.05, 3.63) is 11.9 Å². The Morgan fingerprint density at radius 1 is 1.80 bits per heavy atom. The van der Waals surface area contributed by atoms with Crippen LogP contribution < -0.4 is 11.2 Å². The molecule has 1 atom stereocenters. The molecule has 58 valence electrons. The van der Waals surface area contributed by atoms with Crippen molar-refractivity contribution in [3.8, 4) is 0 Å². The van der Waals surface area contributed by atoms with Gasteiger partial charge in [0, 0.05) is 18.9 Å². The number of rotatable bonds is 2. The van der Waals surface area contributed by atoms with Gasteiger partial charge in [-0.1, -0.05) is 13.3 Å². The first kappa shape index (κ1) is 7.41. The zero-order chi connectivity index (χ0) is 7.56. The van der Waals surface area contributed by atoms with Crippen molar-refractivity contribution in [2.45, 2.75) is 25.8 Å². The minimum Gasteiger partial charge on any atom is -0.399 e. The van der Waals surface area contributed by atoms with E-state index in [0.29, 0.717) is 6.04 Å². The molecule has 1 rings (SSSR count). The van der Waals surface area contributed by atoms with Crippen LogP contribution in [-0.2, 0) is 0 Å². The van der Waals surface area contributed by atoms with Crippen molar-refractivity contribution < 1.29 is 0 Å². The summed E-state index contributed by atoms with van der Waals surface area (Å²) >= 11 is 0. The van der Waals surface area contributed by atoms with E-state index in [2.05, 4.69) is 12.3 Å². The van der Waals surface area contributed by atoms with Crippen molar-refractivity contribution in [1.82, 2.24) is 10.4 Å². The first-order valence-electron chi connectivity index (χ1n) is 3.70. The Morgan fingerprint density at radius 2 is 2.50 bits per heavy atom. The average molecular weight is 141 g/mol. The third kappa shape index (κ3) is 1.42. The predicted molar refractivity (Wildman–Crippen MR) is 41.9 cm³/mol. The molecule has 3 heteroatoms. The molecular weight excluding hydrogens is 126 g/mol. The molecule has 1 aliphatic heterocycles. The Balaban J connectivity index is 2.43. The van der Waals surface area contributed by atoms with Crippen molar-refractivity contribution in [1.29, 1.82) is 0 Å². The number of hydrogen-bond donors (Lipinski definition) is 2. The maximum atomic E-state index is 5.71. The number of hydrazine groups is 1. The van der Waals surface area contributed by atoms with Crippen LogP contribution in [-0.4, -0.2) is 18.1 Å². The zero-order valence-electron chi connectivity index (χ0n) is 6.59. The quantitative estimate of drug-likeness (QED) is 0.585. The molecule has 0 saturated carbocycles. The van der Waals surface area contributed by atoms with Crippen molar-refractivity contribution in [2.75, 3.05) is 7.05 Å². The minimum absolute atomic E-state index is 0.370. The van der Waals surface area contributed by atoms with E-state index in [1.807, 2.05) is 18.3 Å². The SMILES string of the molecule is CCCC1NN(C)C=C1N. The summed E-state index contributed by atoms with van der Waals surface area (Å²) in [7, 11) is 1.96. The van der Waals surface area contributed by atoms with Crippen LogP contribution in [0.25, 0.3) is 0 Å². The lowest BCUT2D eigenvalue weighted by molar-refractivity contribution is 0.319. The largest absolute Gasteiger partial charge is 0.399 e. The fraction of sp³-hybridized carbons (Fsp3) is 0.714. The van der Waals surface area contributed by atoms with Gasteiger partial charge in [-0.25, -0.2) is 5.43 Å². The van der Waals surface area contributed by atoms with Crippen LogP contribution in [0, 0.1) is 0 Å². The second-order valence-electron chi connectivity index (χ2n) is 2.71. The Morgan fingerprint density at radius 3 is 2.90 bits per heavy atom. The number of nitrogens with two attached hydrogens (primary N) is 1. The summed E-state index contributed by atoms with van der Waals surface area (Å²) in [5, 5.41) is 1.91. The van der Waals surface area contributed by atoms with Crippen LogP contribution in [0.5, 0.6) is 0 Å². The van der Waals surface area contributed by atoms with Crippen LogP contribution in [0.15, 0.2) is 11.9 Å². The van der Waals surface area contributed by atoms with Gasteiger partial charge >= 0.3 is 0 Å². The number of nitrogens with one attached hydrogen (secondary N) is 1. The molecule has 0 radical (unpaired) electrons. The van der Waals surface area contributed by atoms with Crippen LogP contribution in [0.3, 0.4) is 0 Å². The van der Waals surface area contributed by atoms with Gasteiger partial charge in [-0.3, -0.25) is 0 Å². The molecule has 3 N–H and O–H groups in total. The molecular formula is C7H15N3. The highest BCUT2D eigenvalue weighted by atomic mass is 15.5. The molecule has 0 bridgehead atoms. The molecule has 0 aromatic heterocycles. The van der Waals surface area contributed by atoms with Gasteiger partial charge in [-0.15, -0.1) is 0 Å². The maximum absolute atomic E-state index is 5.71. The molecule has 0 aromatic carbocycles. The summed E-state index contributed by atoms with van der Waals surface area (Å²) in [6, 6.07) is 0.370. The lowest BCUT2D eigenvalue weighted by atomic mass is 10.1. The topological polar surface area (TPSA) is 41.3 Å². The molecule has 3 nitrogen and oxygen atoms in total. The van der Waals surface area contributed by atoms with Crippen molar-refractivity contribution in [2.24, 2.45) is 5.73 Å². The Hall–Kier alpha value is -0.700. The summed E-state index contributed by atoms with van der Waals surface area (Å²) in [5.41, 5.74) is 9.88. The van der Waals surface area contributed by atoms with E-state index in [4.69, 9.17) is 5.73 Å². The van der Waals surface area contributed by atoms with E-state index < -0.39 is 0 Å². The van der Waals surface area contributed by atoms with E-state index in [1.54, 1.807) is 0 Å². The van der Waals surface area contributed by atoms with Gasteiger partial charge in [0.1, 0.15) is 0 Å². The minimum atomic E-state index is 0.370. The number of nitrogens with zero attached hydrogens (tertiary/aromatic N) is 1. The van der Waals surface area contributed by atoms with Crippen LogP contribution in [0.2, 0.25) is 0 Å². The molecule has 10 heavy (non-hydrogen) atoms. The zero-order valence-corrected chi connectivity index (χ0v) is 6.59. The fourth-order valence-corrected chi connectivity index (χ4v) is 1.19. The van der Waals surface area contributed by atoms with Gasteiger partial charge in [0.2, 0.25) is 0 Å². The van der Waals surface area contributed by atoms with Gasteiger partial charge < -0.3 is 10.7 Å².